The van der Waals surface area contributed by atoms with Crippen molar-refractivity contribution in [3.05, 3.63) is 53.6 Å². The van der Waals surface area contributed by atoms with Crippen LogP contribution in [0.5, 0.6) is 0 Å². The Hall–Kier alpha value is -2.93. The molecule has 0 saturated carbocycles. The molecule has 0 saturated heterocycles. The van der Waals surface area contributed by atoms with Crippen LogP contribution in [0, 0.1) is 13.8 Å². The molecule has 1 atom stereocenters. The van der Waals surface area contributed by atoms with E-state index in [1.807, 2.05) is 74.9 Å². The van der Waals surface area contributed by atoms with Crippen LogP contribution in [0.1, 0.15) is 18.1 Å². The van der Waals surface area contributed by atoms with Gasteiger partial charge in [0.05, 0.1) is 10.8 Å². The van der Waals surface area contributed by atoms with Gasteiger partial charge in [-0.15, -0.1) is 10.2 Å². The lowest BCUT2D eigenvalue weighted by Gasteiger charge is -2.14. The molecule has 0 unspecified atom stereocenters. The summed E-state index contributed by atoms with van der Waals surface area (Å²) < 4.78 is 2.00. The first-order valence-corrected chi connectivity index (χ1v) is 9.95. The topological polar surface area (TPSA) is 72.7 Å². The van der Waals surface area contributed by atoms with Crippen LogP contribution in [0.3, 0.4) is 0 Å². The van der Waals surface area contributed by atoms with E-state index >= 15 is 0 Å². The predicted octanol–water partition coefficient (Wildman–Crippen LogP) is 4.25. The molecule has 0 fully saturated rings. The molecule has 2 heterocycles. The number of thioether (sulfide) groups is 1. The first-order valence-electron chi connectivity index (χ1n) is 9.07. The molecule has 0 bridgehead atoms. The Morgan fingerprint density at radius 1 is 1.07 bits per heavy atom. The number of carbonyl (C=O) groups excluding carboxylic acids is 1. The molecule has 7 heteroatoms. The summed E-state index contributed by atoms with van der Waals surface area (Å²) in [6, 6.07) is 14.0. The number of rotatable bonds is 4. The molecule has 2 aromatic heterocycles. The monoisotopic (exact) mass is 391 g/mol. The van der Waals surface area contributed by atoms with Gasteiger partial charge in [-0.25, -0.2) is 4.98 Å². The highest BCUT2D eigenvalue weighted by atomic mass is 32.2. The Labute approximate surface area is 167 Å². The highest BCUT2D eigenvalue weighted by Gasteiger charge is 2.19. The number of anilines is 1. The summed E-state index contributed by atoms with van der Waals surface area (Å²) >= 11 is 1.31. The van der Waals surface area contributed by atoms with E-state index in [9.17, 15) is 4.79 Å². The van der Waals surface area contributed by atoms with Crippen molar-refractivity contribution in [3.8, 4) is 0 Å². The molecule has 142 valence electrons. The van der Waals surface area contributed by atoms with E-state index in [2.05, 4.69) is 20.5 Å². The van der Waals surface area contributed by atoms with Crippen molar-refractivity contribution < 1.29 is 4.79 Å². The fourth-order valence-corrected chi connectivity index (χ4v) is 4.00. The van der Waals surface area contributed by atoms with Gasteiger partial charge in [-0.1, -0.05) is 48.2 Å². The molecular weight excluding hydrogens is 370 g/mol. The van der Waals surface area contributed by atoms with Crippen LogP contribution in [-0.4, -0.2) is 30.9 Å². The highest BCUT2D eigenvalue weighted by Crippen LogP contribution is 2.28. The molecule has 0 radical (unpaired) electrons. The largest absolute Gasteiger partial charge is 0.327 e. The summed E-state index contributed by atoms with van der Waals surface area (Å²) in [7, 11) is 1.96. The molecule has 4 rings (SSSR count). The number of fused-ring (bicyclic) bond motifs is 3. The van der Waals surface area contributed by atoms with Crippen LogP contribution in [0.25, 0.3) is 22.1 Å². The Morgan fingerprint density at radius 3 is 2.54 bits per heavy atom. The molecule has 0 aliphatic rings. The van der Waals surface area contributed by atoms with Crippen LogP contribution in [0.15, 0.2) is 47.6 Å². The highest BCUT2D eigenvalue weighted by molar-refractivity contribution is 8.00. The van der Waals surface area contributed by atoms with Crippen LogP contribution < -0.4 is 5.32 Å². The van der Waals surface area contributed by atoms with Gasteiger partial charge in [0, 0.05) is 18.1 Å². The second-order valence-electron chi connectivity index (χ2n) is 6.86. The van der Waals surface area contributed by atoms with Crippen LogP contribution in [0.4, 0.5) is 5.69 Å². The smallest absolute Gasteiger partial charge is 0.237 e. The fourth-order valence-electron chi connectivity index (χ4n) is 3.29. The molecule has 0 aliphatic heterocycles. The van der Waals surface area contributed by atoms with E-state index in [0.29, 0.717) is 5.16 Å². The number of hydrogen-bond acceptors (Lipinski definition) is 5. The van der Waals surface area contributed by atoms with Crippen molar-refractivity contribution >= 4 is 45.4 Å². The summed E-state index contributed by atoms with van der Waals surface area (Å²) in [5.74, 6) is -0.0804. The summed E-state index contributed by atoms with van der Waals surface area (Å²) in [5.41, 5.74) is 5.54. The molecule has 4 aromatic rings. The van der Waals surface area contributed by atoms with Crippen LogP contribution in [-0.2, 0) is 11.8 Å². The van der Waals surface area contributed by atoms with Gasteiger partial charge in [-0.3, -0.25) is 4.79 Å². The number of nitrogens with zero attached hydrogens (tertiary/aromatic N) is 4. The summed E-state index contributed by atoms with van der Waals surface area (Å²) in [5, 5.41) is 12.8. The Bertz CT molecular complexity index is 1180. The average Bonchev–Trinajstić information content (AvgIpc) is 2.97. The number of amides is 1. The lowest BCUT2D eigenvalue weighted by atomic mass is 10.1. The normalized spacial score (nSPS) is 12.4. The summed E-state index contributed by atoms with van der Waals surface area (Å²) in [6.45, 7) is 5.82. The van der Waals surface area contributed by atoms with E-state index in [0.717, 1.165) is 38.9 Å². The molecule has 2 aromatic carbocycles. The number of carbonyl (C=O) groups is 1. The maximum atomic E-state index is 12.7. The first kappa shape index (κ1) is 18.4. The van der Waals surface area contributed by atoms with Crippen molar-refractivity contribution in [1.82, 2.24) is 19.7 Å². The number of aryl methyl sites for hydroxylation is 3. The number of para-hydroxylation sites is 2. The van der Waals surface area contributed by atoms with Crippen molar-refractivity contribution in [3.63, 3.8) is 0 Å². The van der Waals surface area contributed by atoms with Gasteiger partial charge in [0.1, 0.15) is 5.52 Å². The Balaban J connectivity index is 1.58. The molecular formula is C21H21N5OS. The summed E-state index contributed by atoms with van der Waals surface area (Å²) in [6.07, 6.45) is 0. The van der Waals surface area contributed by atoms with Gasteiger partial charge < -0.3 is 9.88 Å². The van der Waals surface area contributed by atoms with Gasteiger partial charge in [0.15, 0.2) is 5.65 Å². The average molecular weight is 392 g/mol. The quantitative estimate of drug-likeness (QED) is 0.527. The minimum absolute atomic E-state index is 0.0804. The van der Waals surface area contributed by atoms with Crippen molar-refractivity contribution in [1.29, 1.82) is 0 Å². The van der Waals surface area contributed by atoms with E-state index in [1.54, 1.807) is 0 Å². The van der Waals surface area contributed by atoms with E-state index in [4.69, 9.17) is 0 Å². The second-order valence-corrected chi connectivity index (χ2v) is 8.17. The number of benzene rings is 2. The lowest BCUT2D eigenvalue weighted by Crippen LogP contribution is -2.23. The first-order chi connectivity index (χ1) is 13.5. The maximum absolute atomic E-state index is 12.7. The standard InChI is InChI=1S/C21H21N5OS/c1-12-8-7-9-13(2)17(12)22-20(27)14(3)28-21-23-19-18(24-25-21)15-10-5-6-11-16(15)26(19)4/h5-11,14H,1-4H3,(H,22,27)/t14-/m0/s1. The zero-order chi connectivity index (χ0) is 19.8. The van der Waals surface area contributed by atoms with Crippen molar-refractivity contribution in [2.45, 2.75) is 31.2 Å². The Morgan fingerprint density at radius 2 is 1.79 bits per heavy atom. The number of aromatic nitrogens is 4. The van der Waals surface area contributed by atoms with Gasteiger partial charge in [0.25, 0.3) is 0 Å². The third-order valence-electron chi connectivity index (χ3n) is 4.87. The molecule has 6 nitrogen and oxygen atoms in total. The van der Waals surface area contributed by atoms with Gasteiger partial charge >= 0.3 is 0 Å². The molecule has 1 amide bonds. The van der Waals surface area contributed by atoms with Gasteiger partial charge in [-0.2, -0.15) is 0 Å². The lowest BCUT2D eigenvalue weighted by molar-refractivity contribution is -0.115. The van der Waals surface area contributed by atoms with Crippen molar-refractivity contribution in [2.75, 3.05) is 5.32 Å². The van der Waals surface area contributed by atoms with Crippen LogP contribution >= 0.6 is 11.8 Å². The zero-order valence-electron chi connectivity index (χ0n) is 16.2. The predicted molar refractivity (Wildman–Crippen MR) is 114 cm³/mol. The third-order valence-corrected chi connectivity index (χ3v) is 5.82. The van der Waals surface area contributed by atoms with Gasteiger partial charge in [0.2, 0.25) is 11.1 Å². The fraction of sp³-hybridized carbons (Fsp3) is 0.238. The number of nitrogens with one attached hydrogen (secondary N) is 1. The van der Waals surface area contributed by atoms with Crippen molar-refractivity contribution in [2.24, 2.45) is 7.05 Å². The number of hydrogen-bond donors (Lipinski definition) is 1. The van der Waals surface area contributed by atoms with Gasteiger partial charge in [-0.05, 0) is 38.0 Å². The minimum Gasteiger partial charge on any atom is -0.327 e. The third kappa shape index (κ3) is 3.22. The minimum atomic E-state index is -0.354. The molecule has 1 N–H and O–H groups in total. The Kier molecular flexibility index (Phi) is 4.77. The SMILES string of the molecule is Cc1cccc(C)c1NC(=O)[C@H](C)Sc1nnc2c3ccccc3n(C)c2n1. The van der Waals surface area contributed by atoms with E-state index < -0.39 is 0 Å². The van der Waals surface area contributed by atoms with E-state index in [1.165, 1.54) is 11.8 Å². The van der Waals surface area contributed by atoms with E-state index in [-0.39, 0.29) is 11.2 Å². The molecule has 28 heavy (non-hydrogen) atoms. The summed E-state index contributed by atoms with van der Waals surface area (Å²) in [4.78, 5) is 17.3. The van der Waals surface area contributed by atoms with Crippen LogP contribution in [0.2, 0.25) is 0 Å². The maximum Gasteiger partial charge on any atom is 0.237 e. The zero-order valence-corrected chi connectivity index (χ0v) is 17.0. The second kappa shape index (κ2) is 7.24. The molecule has 0 aliphatic carbocycles. The molecule has 0 spiro atoms.